The number of aromatic nitrogens is 2. The van der Waals surface area contributed by atoms with E-state index in [-0.39, 0.29) is 10.8 Å². The Morgan fingerprint density at radius 3 is 2.35 bits per heavy atom. The number of nitrogens with zero attached hydrogens (tertiary/aromatic N) is 1. The number of hydrogen-bond acceptors (Lipinski definition) is 6. The number of carbonyl (C=O) groups excluding carboxylic acids is 2. The molecule has 0 fully saturated rings. The number of fused-ring (bicyclic) bond motifs is 1. The van der Waals surface area contributed by atoms with E-state index in [4.69, 9.17) is 9.47 Å². The first-order valence-corrected chi connectivity index (χ1v) is 10.4. The van der Waals surface area contributed by atoms with Crippen LogP contribution >= 0.6 is 0 Å². The van der Waals surface area contributed by atoms with E-state index in [1.807, 2.05) is 31.2 Å². The van der Waals surface area contributed by atoms with Crippen LogP contribution < -0.4 is 21.2 Å². The summed E-state index contributed by atoms with van der Waals surface area (Å²) in [5, 5.41) is 5.39. The van der Waals surface area contributed by atoms with Crippen LogP contribution in [0.15, 0.2) is 82.4 Å². The monoisotopic (exact) mass is 459 g/mol. The maximum absolute atomic E-state index is 12.5. The lowest BCUT2D eigenvalue weighted by atomic mass is 10.2. The summed E-state index contributed by atoms with van der Waals surface area (Å²) < 4.78 is 11.7. The van der Waals surface area contributed by atoms with Gasteiger partial charge in [-0.15, -0.1) is 0 Å². The number of aryl methyl sites for hydroxylation is 1. The minimum Gasteiger partial charge on any atom is -0.455 e. The molecule has 9 heteroatoms. The molecule has 4 aromatic rings. The molecule has 0 atom stereocenters. The fraction of sp³-hybridized carbons (Fsp3) is 0.120. The SMILES string of the molecule is Cc1ccc(Oc2ccccc2NC(=O)COC(=O)Cn2[nH]c(=O)c3ccccc3c2=O)cc1. The molecule has 34 heavy (non-hydrogen) atoms. The molecule has 0 aliphatic carbocycles. The Labute approximate surface area is 193 Å². The van der Waals surface area contributed by atoms with Crippen molar-refractivity contribution < 1.29 is 19.1 Å². The van der Waals surface area contributed by atoms with E-state index in [2.05, 4.69) is 10.4 Å². The summed E-state index contributed by atoms with van der Waals surface area (Å²) in [6, 6.07) is 20.6. The summed E-state index contributed by atoms with van der Waals surface area (Å²) in [7, 11) is 0. The fourth-order valence-corrected chi connectivity index (χ4v) is 3.26. The van der Waals surface area contributed by atoms with Gasteiger partial charge in [0.25, 0.3) is 17.0 Å². The first-order valence-electron chi connectivity index (χ1n) is 10.4. The van der Waals surface area contributed by atoms with Crippen LogP contribution in [0.2, 0.25) is 0 Å². The number of H-pyrrole nitrogens is 1. The van der Waals surface area contributed by atoms with E-state index in [0.717, 1.165) is 10.2 Å². The maximum Gasteiger partial charge on any atom is 0.328 e. The van der Waals surface area contributed by atoms with Crippen LogP contribution in [-0.4, -0.2) is 28.3 Å². The number of ether oxygens (including phenoxy) is 2. The van der Waals surface area contributed by atoms with E-state index >= 15 is 0 Å². The predicted octanol–water partition coefficient (Wildman–Crippen LogP) is 2.97. The summed E-state index contributed by atoms with van der Waals surface area (Å²) >= 11 is 0. The molecule has 1 aromatic heterocycles. The Kier molecular flexibility index (Phi) is 6.54. The normalized spacial score (nSPS) is 10.6. The standard InChI is InChI=1S/C25H21N3O6/c1-16-10-12-17(13-11-16)34-21-9-5-4-8-20(21)26-22(29)15-33-23(30)14-28-25(32)19-7-3-2-6-18(19)24(31)27-28/h2-13H,14-15H2,1H3,(H,26,29)(H,27,31). The molecule has 0 saturated heterocycles. The molecule has 1 heterocycles. The number of rotatable bonds is 7. The fourth-order valence-electron chi connectivity index (χ4n) is 3.26. The van der Waals surface area contributed by atoms with Crippen molar-refractivity contribution in [2.75, 3.05) is 11.9 Å². The second kappa shape index (κ2) is 9.86. The Morgan fingerprint density at radius 2 is 1.59 bits per heavy atom. The average molecular weight is 459 g/mol. The number of amides is 1. The minimum absolute atomic E-state index is 0.182. The summed E-state index contributed by atoms with van der Waals surface area (Å²) in [4.78, 5) is 49.2. The van der Waals surface area contributed by atoms with Crippen LogP contribution in [0, 0.1) is 6.92 Å². The van der Waals surface area contributed by atoms with E-state index in [1.54, 1.807) is 36.4 Å². The molecule has 0 aliphatic heterocycles. The topological polar surface area (TPSA) is 119 Å². The van der Waals surface area contributed by atoms with Gasteiger partial charge in [0, 0.05) is 0 Å². The van der Waals surface area contributed by atoms with Crippen LogP contribution in [-0.2, 0) is 20.9 Å². The smallest absolute Gasteiger partial charge is 0.328 e. The van der Waals surface area contributed by atoms with Crippen molar-refractivity contribution in [2.24, 2.45) is 0 Å². The van der Waals surface area contributed by atoms with Crippen molar-refractivity contribution in [3.05, 3.63) is 99.1 Å². The molecular formula is C25H21N3O6. The van der Waals surface area contributed by atoms with Gasteiger partial charge in [0.2, 0.25) is 0 Å². The van der Waals surface area contributed by atoms with Gasteiger partial charge in [-0.25, -0.2) is 4.68 Å². The van der Waals surface area contributed by atoms with Gasteiger partial charge >= 0.3 is 5.97 Å². The predicted molar refractivity (Wildman–Crippen MR) is 126 cm³/mol. The van der Waals surface area contributed by atoms with Crippen LogP contribution in [0.1, 0.15) is 5.56 Å². The summed E-state index contributed by atoms with van der Waals surface area (Å²) in [6.45, 7) is 0.844. The van der Waals surface area contributed by atoms with E-state index in [1.165, 1.54) is 12.1 Å². The zero-order valence-corrected chi connectivity index (χ0v) is 18.2. The second-order valence-corrected chi connectivity index (χ2v) is 7.50. The van der Waals surface area contributed by atoms with Gasteiger partial charge in [-0.05, 0) is 43.3 Å². The molecule has 0 spiro atoms. The number of aromatic amines is 1. The summed E-state index contributed by atoms with van der Waals surface area (Å²) in [6.07, 6.45) is 0. The third-order valence-electron chi connectivity index (χ3n) is 4.95. The molecule has 0 saturated carbocycles. The minimum atomic E-state index is -0.854. The van der Waals surface area contributed by atoms with Crippen LogP contribution in [0.3, 0.4) is 0 Å². The Morgan fingerprint density at radius 1 is 0.912 bits per heavy atom. The Hall–Kier alpha value is -4.66. The van der Waals surface area contributed by atoms with Crippen LogP contribution in [0.5, 0.6) is 11.5 Å². The highest BCUT2D eigenvalue weighted by Crippen LogP contribution is 2.29. The van der Waals surface area contributed by atoms with Crippen molar-refractivity contribution in [1.29, 1.82) is 0 Å². The number of carbonyl (C=O) groups is 2. The van der Waals surface area contributed by atoms with Gasteiger partial charge in [-0.2, -0.15) is 0 Å². The van der Waals surface area contributed by atoms with Crippen LogP contribution in [0.25, 0.3) is 10.8 Å². The van der Waals surface area contributed by atoms with Gasteiger partial charge in [0.1, 0.15) is 12.3 Å². The molecule has 0 bridgehead atoms. The molecule has 0 unspecified atom stereocenters. The van der Waals surface area contributed by atoms with Crippen LogP contribution in [0.4, 0.5) is 5.69 Å². The first-order chi connectivity index (χ1) is 16.4. The molecule has 1 amide bonds. The zero-order valence-electron chi connectivity index (χ0n) is 18.2. The highest BCUT2D eigenvalue weighted by Gasteiger charge is 2.14. The third kappa shape index (κ3) is 5.21. The molecule has 172 valence electrons. The van der Waals surface area contributed by atoms with Crippen molar-refractivity contribution in [2.45, 2.75) is 13.5 Å². The summed E-state index contributed by atoms with van der Waals surface area (Å²) in [5.74, 6) is -0.417. The lowest BCUT2D eigenvalue weighted by Gasteiger charge is -2.13. The third-order valence-corrected chi connectivity index (χ3v) is 4.95. The van der Waals surface area contributed by atoms with Gasteiger partial charge in [0.15, 0.2) is 12.4 Å². The number of para-hydroxylation sites is 2. The van der Waals surface area contributed by atoms with E-state index < -0.39 is 36.1 Å². The van der Waals surface area contributed by atoms with Gasteiger partial charge in [-0.1, -0.05) is 42.0 Å². The lowest BCUT2D eigenvalue weighted by molar-refractivity contribution is -0.148. The number of anilines is 1. The van der Waals surface area contributed by atoms with E-state index in [0.29, 0.717) is 17.2 Å². The molecule has 3 aromatic carbocycles. The Bertz CT molecular complexity index is 1470. The Balaban J connectivity index is 1.38. The second-order valence-electron chi connectivity index (χ2n) is 7.50. The van der Waals surface area contributed by atoms with Crippen molar-refractivity contribution in [1.82, 2.24) is 9.78 Å². The lowest BCUT2D eigenvalue weighted by Crippen LogP contribution is -2.33. The van der Waals surface area contributed by atoms with Crippen molar-refractivity contribution >= 4 is 28.3 Å². The molecular weight excluding hydrogens is 438 g/mol. The largest absolute Gasteiger partial charge is 0.455 e. The first kappa shape index (κ1) is 22.5. The molecule has 0 aliphatic rings. The average Bonchev–Trinajstić information content (AvgIpc) is 2.84. The van der Waals surface area contributed by atoms with Gasteiger partial charge in [0.05, 0.1) is 16.5 Å². The molecule has 2 N–H and O–H groups in total. The van der Waals surface area contributed by atoms with Crippen molar-refractivity contribution in [3.8, 4) is 11.5 Å². The maximum atomic E-state index is 12.5. The van der Waals surface area contributed by atoms with Gasteiger partial charge in [-0.3, -0.25) is 24.3 Å². The zero-order chi connectivity index (χ0) is 24.1. The number of esters is 1. The molecule has 9 nitrogen and oxygen atoms in total. The summed E-state index contributed by atoms with van der Waals surface area (Å²) in [5.41, 5.74) is 0.440. The van der Waals surface area contributed by atoms with Gasteiger partial charge < -0.3 is 14.8 Å². The number of hydrogen-bond donors (Lipinski definition) is 2. The number of nitrogens with one attached hydrogen (secondary N) is 2. The molecule has 4 rings (SSSR count). The quantitative estimate of drug-likeness (QED) is 0.410. The highest BCUT2D eigenvalue weighted by molar-refractivity contribution is 5.94. The van der Waals surface area contributed by atoms with E-state index in [9.17, 15) is 19.2 Å². The van der Waals surface area contributed by atoms with Crippen molar-refractivity contribution in [3.63, 3.8) is 0 Å². The highest BCUT2D eigenvalue weighted by atomic mass is 16.5. The molecule has 0 radical (unpaired) electrons. The number of benzene rings is 3.